The number of benzene rings is 1. The zero-order chi connectivity index (χ0) is 18.1. The summed E-state index contributed by atoms with van der Waals surface area (Å²) in [5.41, 5.74) is 1.80. The molecule has 2 atom stereocenters. The van der Waals surface area contributed by atoms with Gasteiger partial charge in [0.05, 0.1) is 35.8 Å². The molecule has 0 radical (unpaired) electrons. The van der Waals surface area contributed by atoms with Gasteiger partial charge in [-0.05, 0) is 31.2 Å². The van der Waals surface area contributed by atoms with Crippen molar-refractivity contribution in [3.05, 3.63) is 54.2 Å². The van der Waals surface area contributed by atoms with E-state index < -0.39 is 0 Å². The summed E-state index contributed by atoms with van der Waals surface area (Å²) < 4.78 is 5.28. The fourth-order valence-electron chi connectivity index (χ4n) is 3.27. The predicted molar refractivity (Wildman–Crippen MR) is 94.9 cm³/mol. The van der Waals surface area contributed by atoms with E-state index >= 15 is 0 Å². The van der Waals surface area contributed by atoms with Crippen LogP contribution in [0.2, 0.25) is 0 Å². The molecule has 0 saturated carbocycles. The van der Waals surface area contributed by atoms with E-state index in [-0.39, 0.29) is 30.2 Å². The summed E-state index contributed by atoms with van der Waals surface area (Å²) in [6, 6.07) is 11.1. The van der Waals surface area contributed by atoms with Crippen molar-refractivity contribution in [1.82, 2.24) is 20.2 Å². The van der Waals surface area contributed by atoms with Crippen molar-refractivity contribution in [2.24, 2.45) is 5.92 Å². The summed E-state index contributed by atoms with van der Waals surface area (Å²) in [7, 11) is 0. The lowest BCUT2D eigenvalue weighted by atomic mass is 10.1. The van der Waals surface area contributed by atoms with Gasteiger partial charge in [0.2, 0.25) is 11.8 Å². The standard InChI is InChI=1S/C19H20N4O3/c1-12(18-21-15-6-2-3-7-16(15)22-18)20-19(25)13-9-17(24)23(10-13)11-14-5-4-8-26-14/h2-8,12-13H,9-11H2,1H3,(H,20,25)(H,21,22)/t12-,13+/m1/s1. The molecule has 0 bridgehead atoms. The second-order valence-corrected chi connectivity index (χ2v) is 6.62. The van der Waals surface area contributed by atoms with Crippen LogP contribution in [0.1, 0.15) is 31.0 Å². The third-order valence-electron chi connectivity index (χ3n) is 4.69. The van der Waals surface area contributed by atoms with Crippen LogP contribution in [0.4, 0.5) is 0 Å². The van der Waals surface area contributed by atoms with E-state index in [1.165, 1.54) is 0 Å². The van der Waals surface area contributed by atoms with Crippen LogP contribution in [0.15, 0.2) is 47.1 Å². The molecule has 0 unspecified atom stereocenters. The molecule has 1 fully saturated rings. The average Bonchev–Trinajstić information content (AvgIpc) is 3.35. The lowest BCUT2D eigenvalue weighted by molar-refractivity contribution is -0.129. The summed E-state index contributed by atoms with van der Waals surface area (Å²) in [6.07, 6.45) is 1.80. The number of amides is 2. The fraction of sp³-hybridized carbons (Fsp3) is 0.316. The number of nitrogens with one attached hydrogen (secondary N) is 2. The maximum Gasteiger partial charge on any atom is 0.226 e. The van der Waals surface area contributed by atoms with Gasteiger partial charge in [0, 0.05) is 13.0 Å². The SMILES string of the molecule is C[C@@H](NC(=O)[C@H]1CC(=O)N(Cc2ccco2)C1)c1nc2ccccc2[nH]1. The van der Waals surface area contributed by atoms with Crippen molar-refractivity contribution in [2.75, 3.05) is 6.54 Å². The maximum absolute atomic E-state index is 12.6. The number of aromatic amines is 1. The topological polar surface area (TPSA) is 91.2 Å². The second-order valence-electron chi connectivity index (χ2n) is 6.62. The third-order valence-corrected chi connectivity index (χ3v) is 4.69. The van der Waals surface area contributed by atoms with Gasteiger partial charge in [-0.3, -0.25) is 9.59 Å². The highest BCUT2D eigenvalue weighted by atomic mass is 16.3. The number of nitrogens with zero attached hydrogens (tertiary/aromatic N) is 2. The summed E-state index contributed by atoms with van der Waals surface area (Å²) in [5, 5.41) is 2.96. The Morgan fingerprint density at radius 2 is 2.23 bits per heavy atom. The van der Waals surface area contributed by atoms with Gasteiger partial charge < -0.3 is 19.6 Å². The first-order valence-electron chi connectivity index (χ1n) is 8.65. The first-order chi connectivity index (χ1) is 12.6. The Morgan fingerprint density at radius 3 is 3.00 bits per heavy atom. The zero-order valence-corrected chi connectivity index (χ0v) is 14.4. The third kappa shape index (κ3) is 3.20. The number of imidazole rings is 1. The van der Waals surface area contributed by atoms with Crippen LogP contribution in [-0.4, -0.2) is 33.2 Å². The molecular weight excluding hydrogens is 332 g/mol. The molecule has 134 valence electrons. The van der Waals surface area contributed by atoms with Gasteiger partial charge in [-0.1, -0.05) is 12.1 Å². The number of fused-ring (bicyclic) bond motifs is 1. The average molecular weight is 352 g/mol. The van der Waals surface area contributed by atoms with Gasteiger partial charge in [0.1, 0.15) is 11.6 Å². The van der Waals surface area contributed by atoms with E-state index in [9.17, 15) is 9.59 Å². The van der Waals surface area contributed by atoms with E-state index in [0.29, 0.717) is 18.9 Å². The highest BCUT2D eigenvalue weighted by molar-refractivity contribution is 5.89. The Balaban J connectivity index is 1.39. The van der Waals surface area contributed by atoms with Crippen LogP contribution in [0.5, 0.6) is 0 Å². The molecule has 4 rings (SSSR count). The molecule has 2 amide bonds. The number of hydrogen-bond acceptors (Lipinski definition) is 4. The van der Waals surface area contributed by atoms with Crippen molar-refractivity contribution in [3.8, 4) is 0 Å². The number of para-hydroxylation sites is 2. The summed E-state index contributed by atoms with van der Waals surface area (Å²) in [4.78, 5) is 34.2. The first-order valence-corrected chi connectivity index (χ1v) is 8.65. The lowest BCUT2D eigenvalue weighted by Crippen LogP contribution is -2.34. The van der Waals surface area contributed by atoms with E-state index in [1.54, 1.807) is 17.2 Å². The summed E-state index contributed by atoms with van der Waals surface area (Å²) in [6.45, 7) is 2.68. The number of carbonyl (C=O) groups is 2. The number of carbonyl (C=O) groups excluding carboxylic acids is 2. The molecule has 1 aromatic carbocycles. The minimum Gasteiger partial charge on any atom is -0.467 e. The van der Waals surface area contributed by atoms with Gasteiger partial charge >= 0.3 is 0 Å². The van der Waals surface area contributed by atoms with Crippen molar-refractivity contribution in [3.63, 3.8) is 0 Å². The van der Waals surface area contributed by atoms with E-state index in [0.717, 1.165) is 16.8 Å². The van der Waals surface area contributed by atoms with Gasteiger partial charge in [-0.2, -0.15) is 0 Å². The van der Waals surface area contributed by atoms with Crippen LogP contribution in [0.3, 0.4) is 0 Å². The van der Waals surface area contributed by atoms with Gasteiger partial charge in [0.25, 0.3) is 0 Å². The van der Waals surface area contributed by atoms with Crippen molar-refractivity contribution in [1.29, 1.82) is 0 Å². The normalized spacial score (nSPS) is 18.4. The number of aromatic nitrogens is 2. The predicted octanol–water partition coefficient (Wildman–Crippen LogP) is 2.38. The van der Waals surface area contributed by atoms with Crippen molar-refractivity contribution < 1.29 is 14.0 Å². The molecule has 7 heteroatoms. The largest absolute Gasteiger partial charge is 0.467 e. The molecule has 3 heterocycles. The molecule has 0 aliphatic carbocycles. The number of hydrogen-bond donors (Lipinski definition) is 2. The molecule has 1 aliphatic rings. The molecule has 1 saturated heterocycles. The smallest absolute Gasteiger partial charge is 0.226 e. The van der Waals surface area contributed by atoms with Gasteiger partial charge in [-0.25, -0.2) is 4.98 Å². The second kappa shape index (κ2) is 6.67. The van der Waals surface area contributed by atoms with E-state index in [4.69, 9.17) is 4.42 Å². The fourth-order valence-corrected chi connectivity index (χ4v) is 3.27. The highest BCUT2D eigenvalue weighted by Crippen LogP contribution is 2.22. The lowest BCUT2D eigenvalue weighted by Gasteiger charge is -2.17. The number of furan rings is 1. The molecule has 2 aromatic heterocycles. The minimum absolute atomic E-state index is 0.0297. The Hall–Kier alpha value is -3.09. The van der Waals surface area contributed by atoms with Crippen LogP contribution in [0.25, 0.3) is 11.0 Å². The highest BCUT2D eigenvalue weighted by Gasteiger charge is 2.35. The molecule has 7 nitrogen and oxygen atoms in total. The Labute approximate surface area is 150 Å². The number of H-pyrrole nitrogens is 1. The monoisotopic (exact) mass is 352 g/mol. The molecule has 1 aliphatic heterocycles. The first kappa shape index (κ1) is 16.4. The molecular formula is C19H20N4O3. The Morgan fingerprint density at radius 1 is 1.38 bits per heavy atom. The van der Waals surface area contributed by atoms with Crippen LogP contribution >= 0.6 is 0 Å². The quantitative estimate of drug-likeness (QED) is 0.737. The van der Waals surface area contributed by atoms with Crippen LogP contribution in [-0.2, 0) is 16.1 Å². The molecule has 26 heavy (non-hydrogen) atoms. The summed E-state index contributed by atoms with van der Waals surface area (Å²) >= 11 is 0. The number of rotatable bonds is 5. The van der Waals surface area contributed by atoms with E-state index in [1.807, 2.05) is 37.3 Å². The molecule has 2 N–H and O–H groups in total. The summed E-state index contributed by atoms with van der Waals surface area (Å²) in [5.74, 6) is 0.904. The van der Waals surface area contributed by atoms with Crippen LogP contribution in [0, 0.1) is 5.92 Å². The molecule has 0 spiro atoms. The van der Waals surface area contributed by atoms with Gasteiger partial charge in [0.15, 0.2) is 0 Å². The van der Waals surface area contributed by atoms with Crippen molar-refractivity contribution in [2.45, 2.75) is 25.9 Å². The van der Waals surface area contributed by atoms with Crippen molar-refractivity contribution >= 4 is 22.8 Å². The van der Waals surface area contributed by atoms with Gasteiger partial charge in [-0.15, -0.1) is 0 Å². The Kier molecular flexibility index (Phi) is 4.20. The minimum atomic E-state index is -0.357. The Bertz CT molecular complexity index is 898. The van der Waals surface area contributed by atoms with Crippen LogP contribution < -0.4 is 5.32 Å². The van der Waals surface area contributed by atoms with E-state index in [2.05, 4.69) is 15.3 Å². The number of likely N-dealkylation sites (tertiary alicyclic amines) is 1. The zero-order valence-electron chi connectivity index (χ0n) is 14.4. The maximum atomic E-state index is 12.6. The molecule has 3 aromatic rings.